The molecule has 1 aliphatic heterocycles. The molecule has 2 aliphatic rings. The van der Waals surface area contributed by atoms with Crippen molar-refractivity contribution in [3.05, 3.63) is 40.6 Å². The largest absolute Gasteiger partial charge is 0.496 e. The normalized spacial score (nSPS) is 19.9. The van der Waals surface area contributed by atoms with E-state index < -0.39 is 0 Å². The lowest BCUT2D eigenvalue weighted by Gasteiger charge is -2.24. The van der Waals surface area contributed by atoms with Gasteiger partial charge < -0.3 is 10.1 Å². The molecule has 5 heteroatoms. The number of aromatic amines is 1. The fourth-order valence-corrected chi connectivity index (χ4v) is 3.49. The van der Waals surface area contributed by atoms with Gasteiger partial charge in [-0.2, -0.15) is 5.10 Å². The van der Waals surface area contributed by atoms with Crippen molar-refractivity contribution in [1.29, 1.82) is 0 Å². The van der Waals surface area contributed by atoms with E-state index in [1.54, 1.807) is 13.3 Å². The van der Waals surface area contributed by atoms with E-state index in [0.717, 1.165) is 29.7 Å². The second-order valence-corrected chi connectivity index (χ2v) is 5.72. The van der Waals surface area contributed by atoms with Crippen molar-refractivity contribution in [1.82, 2.24) is 10.2 Å². The molecule has 5 nitrogen and oxygen atoms in total. The quantitative estimate of drug-likeness (QED) is 0.889. The number of rotatable bonds is 2. The molecule has 2 heterocycles. The number of nitrogens with one attached hydrogen (secondary N) is 2. The van der Waals surface area contributed by atoms with Crippen molar-refractivity contribution in [2.24, 2.45) is 0 Å². The van der Waals surface area contributed by atoms with Crippen molar-refractivity contribution >= 4 is 11.7 Å². The predicted octanol–water partition coefficient (Wildman–Crippen LogP) is 2.38. The number of nitrogens with zero attached hydrogens (tertiary/aromatic N) is 1. The molecule has 2 aromatic rings. The second kappa shape index (κ2) is 4.62. The first kappa shape index (κ1) is 12.4. The minimum atomic E-state index is 0.00773. The van der Waals surface area contributed by atoms with Gasteiger partial charge in [0.05, 0.1) is 13.3 Å². The van der Waals surface area contributed by atoms with Crippen LogP contribution >= 0.6 is 0 Å². The zero-order valence-corrected chi connectivity index (χ0v) is 11.9. The maximum Gasteiger partial charge on any atom is 0.226 e. The van der Waals surface area contributed by atoms with E-state index in [-0.39, 0.29) is 11.8 Å². The summed E-state index contributed by atoms with van der Waals surface area (Å²) in [6, 6.07) is 4.37. The SMILES string of the molecule is COc1cc2c(cc1C1CC(=O)Nc3[nH]ncc31)CCC2. The Hall–Kier alpha value is -2.30. The summed E-state index contributed by atoms with van der Waals surface area (Å²) >= 11 is 0. The van der Waals surface area contributed by atoms with E-state index in [0.29, 0.717) is 12.2 Å². The lowest BCUT2D eigenvalue weighted by atomic mass is 9.85. The fraction of sp³-hybridized carbons (Fsp3) is 0.375. The van der Waals surface area contributed by atoms with E-state index in [1.807, 2.05) is 0 Å². The molecule has 1 atom stereocenters. The van der Waals surface area contributed by atoms with Gasteiger partial charge in [0.15, 0.2) is 0 Å². The average molecular weight is 283 g/mol. The summed E-state index contributed by atoms with van der Waals surface area (Å²) in [4.78, 5) is 11.9. The highest BCUT2D eigenvalue weighted by atomic mass is 16.5. The molecule has 2 N–H and O–H groups in total. The van der Waals surface area contributed by atoms with Gasteiger partial charge in [-0.05, 0) is 36.5 Å². The van der Waals surface area contributed by atoms with Crippen LogP contribution in [0.1, 0.15) is 41.0 Å². The maximum atomic E-state index is 11.9. The summed E-state index contributed by atoms with van der Waals surface area (Å²) in [5.74, 6) is 1.61. The molecule has 0 saturated carbocycles. The van der Waals surface area contributed by atoms with E-state index in [1.165, 1.54) is 17.5 Å². The molecular formula is C16H17N3O2. The summed E-state index contributed by atoms with van der Waals surface area (Å²) in [5.41, 5.74) is 4.90. The number of aryl methyl sites for hydroxylation is 2. The molecule has 1 aromatic heterocycles. The van der Waals surface area contributed by atoms with Gasteiger partial charge in [0.2, 0.25) is 5.91 Å². The zero-order chi connectivity index (χ0) is 14.4. The third-order valence-corrected chi connectivity index (χ3v) is 4.52. The predicted molar refractivity (Wildman–Crippen MR) is 78.7 cm³/mol. The van der Waals surface area contributed by atoms with Crippen LogP contribution in [0, 0.1) is 0 Å². The Kier molecular flexibility index (Phi) is 2.74. The van der Waals surface area contributed by atoms with Crippen LogP contribution in [0.4, 0.5) is 5.82 Å². The fourth-order valence-electron chi connectivity index (χ4n) is 3.49. The Balaban J connectivity index is 1.85. The van der Waals surface area contributed by atoms with Gasteiger partial charge in [-0.15, -0.1) is 0 Å². The first-order valence-electron chi connectivity index (χ1n) is 7.29. The van der Waals surface area contributed by atoms with Crippen molar-refractivity contribution < 1.29 is 9.53 Å². The Morgan fingerprint density at radius 1 is 1.24 bits per heavy atom. The molecule has 0 saturated heterocycles. The number of carbonyl (C=O) groups excluding carboxylic acids is 1. The number of hydrogen-bond acceptors (Lipinski definition) is 3. The summed E-state index contributed by atoms with van der Waals surface area (Å²) in [6.07, 6.45) is 5.66. The van der Waals surface area contributed by atoms with Crippen LogP contribution in [0.15, 0.2) is 18.3 Å². The number of aromatic nitrogens is 2. The molecule has 0 bridgehead atoms. The minimum absolute atomic E-state index is 0.00773. The second-order valence-electron chi connectivity index (χ2n) is 5.72. The lowest BCUT2D eigenvalue weighted by molar-refractivity contribution is -0.116. The number of H-pyrrole nitrogens is 1. The molecule has 21 heavy (non-hydrogen) atoms. The van der Waals surface area contributed by atoms with Crippen LogP contribution < -0.4 is 10.1 Å². The van der Waals surface area contributed by atoms with Gasteiger partial charge >= 0.3 is 0 Å². The average Bonchev–Trinajstić information content (AvgIpc) is 3.12. The van der Waals surface area contributed by atoms with Crippen LogP contribution in [0.25, 0.3) is 0 Å². The molecule has 0 fully saturated rings. The number of carbonyl (C=O) groups is 1. The smallest absolute Gasteiger partial charge is 0.226 e. The highest BCUT2D eigenvalue weighted by Crippen LogP contribution is 2.42. The molecule has 0 spiro atoms. The number of fused-ring (bicyclic) bond motifs is 2. The van der Waals surface area contributed by atoms with E-state index in [9.17, 15) is 4.79 Å². The number of ether oxygens (including phenoxy) is 1. The van der Waals surface area contributed by atoms with Gasteiger partial charge in [0.25, 0.3) is 0 Å². The Morgan fingerprint density at radius 3 is 2.86 bits per heavy atom. The highest BCUT2D eigenvalue weighted by Gasteiger charge is 2.31. The minimum Gasteiger partial charge on any atom is -0.496 e. The van der Waals surface area contributed by atoms with Crippen LogP contribution in [-0.4, -0.2) is 23.2 Å². The van der Waals surface area contributed by atoms with Crippen LogP contribution in [0.3, 0.4) is 0 Å². The molecule has 1 aromatic carbocycles. The van der Waals surface area contributed by atoms with Crippen molar-refractivity contribution in [3.8, 4) is 5.75 Å². The van der Waals surface area contributed by atoms with Gasteiger partial charge in [0.1, 0.15) is 11.6 Å². The first-order valence-corrected chi connectivity index (χ1v) is 7.29. The summed E-state index contributed by atoms with van der Waals surface area (Å²) < 4.78 is 5.59. The summed E-state index contributed by atoms with van der Waals surface area (Å²) in [7, 11) is 1.69. The Labute approximate surface area is 122 Å². The molecular weight excluding hydrogens is 266 g/mol. The van der Waals surface area contributed by atoms with Gasteiger partial charge in [-0.3, -0.25) is 9.89 Å². The lowest BCUT2D eigenvalue weighted by Crippen LogP contribution is -2.23. The van der Waals surface area contributed by atoms with Gasteiger partial charge in [0, 0.05) is 23.5 Å². The third kappa shape index (κ3) is 1.92. The number of amides is 1. The number of benzene rings is 1. The maximum absolute atomic E-state index is 11.9. The zero-order valence-electron chi connectivity index (χ0n) is 11.9. The monoisotopic (exact) mass is 283 g/mol. The van der Waals surface area contributed by atoms with Crippen LogP contribution in [0.5, 0.6) is 5.75 Å². The first-order chi connectivity index (χ1) is 10.3. The van der Waals surface area contributed by atoms with Gasteiger partial charge in [-0.1, -0.05) is 6.07 Å². The van der Waals surface area contributed by atoms with Crippen molar-refractivity contribution in [3.63, 3.8) is 0 Å². The number of methoxy groups -OCH3 is 1. The third-order valence-electron chi connectivity index (χ3n) is 4.52. The van der Waals surface area contributed by atoms with Crippen LogP contribution in [-0.2, 0) is 17.6 Å². The number of anilines is 1. The molecule has 0 radical (unpaired) electrons. The van der Waals surface area contributed by atoms with Crippen molar-refractivity contribution in [2.45, 2.75) is 31.6 Å². The highest BCUT2D eigenvalue weighted by molar-refractivity contribution is 5.94. The van der Waals surface area contributed by atoms with E-state index in [2.05, 4.69) is 27.6 Å². The van der Waals surface area contributed by atoms with Gasteiger partial charge in [-0.25, -0.2) is 0 Å². The summed E-state index contributed by atoms with van der Waals surface area (Å²) in [6.45, 7) is 0. The molecule has 108 valence electrons. The molecule has 1 amide bonds. The van der Waals surface area contributed by atoms with E-state index in [4.69, 9.17) is 4.74 Å². The molecule has 4 rings (SSSR count). The van der Waals surface area contributed by atoms with E-state index >= 15 is 0 Å². The molecule has 1 unspecified atom stereocenters. The van der Waals surface area contributed by atoms with Crippen LogP contribution in [0.2, 0.25) is 0 Å². The number of hydrogen-bond donors (Lipinski definition) is 2. The standard InChI is InChI=1S/C16H17N3O2/c1-21-14-6-10-4-2-3-9(10)5-12(14)11-7-15(20)18-16-13(11)8-17-19-16/h5-6,8,11H,2-4,7H2,1H3,(H2,17,18,19,20). The van der Waals surface area contributed by atoms with Crippen molar-refractivity contribution in [2.75, 3.05) is 12.4 Å². The topological polar surface area (TPSA) is 67.0 Å². The Morgan fingerprint density at radius 2 is 2.05 bits per heavy atom. The Bertz CT molecular complexity index is 720. The summed E-state index contributed by atoms with van der Waals surface area (Å²) in [5, 5.41) is 9.75. The molecule has 1 aliphatic carbocycles.